The van der Waals surface area contributed by atoms with Gasteiger partial charge in [0.05, 0.1) is 23.5 Å². The fourth-order valence-electron chi connectivity index (χ4n) is 2.34. The highest BCUT2D eigenvalue weighted by Gasteiger charge is 2.33. The summed E-state index contributed by atoms with van der Waals surface area (Å²) < 4.78 is 38.9. The number of nitrogens with one attached hydrogen (secondary N) is 1. The molecule has 1 aromatic heterocycles. The second kappa shape index (κ2) is 9.05. The van der Waals surface area contributed by atoms with Crippen molar-refractivity contribution in [3.05, 3.63) is 47.4 Å². The molecule has 0 saturated carbocycles. The highest BCUT2D eigenvalue weighted by molar-refractivity contribution is 7.99. The van der Waals surface area contributed by atoms with Gasteiger partial charge in [-0.15, -0.1) is 0 Å². The maximum absolute atomic E-state index is 13.0. The Hall–Kier alpha value is -2.62. The Kier molecular flexibility index (Phi) is 7.00. The molecule has 2 amide bonds. The molecular weight excluding hydrogens is 393 g/mol. The molecule has 1 N–H and O–H groups in total. The molecule has 28 heavy (non-hydrogen) atoms. The van der Waals surface area contributed by atoms with Gasteiger partial charge < -0.3 is 10.2 Å². The minimum Gasteiger partial charge on any atom is -0.336 e. The Balaban J connectivity index is 1.92. The summed E-state index contributed by atoms with van der Waals surface area (Å²) in [5, 5.41) is 2.85. The molecule has 2 aromatic rings. The topological polar surface area (TPSA) is 75.2 Å². The SMILES string of the molecule is Cc1cc(SCC(=O)N(C)CC(=O)Nc2ccccc2C(F)(F)F)nc(C)n1. The molecule has 1 heterocycles. The molecule has 0 unspecified atom stereocenters. The van der Waals surface area contributed by atoms with Crippen LogP contribution in [0.4, 0.5) is 18.9 Å². The van der Waals surface area contributed by atoms with E-state index in [9.17, 15) is 22.8 Å². The third-order valence-electron chi connectivity index (χ3n) is 3.60. The number of carbonyl (C=O) groups is 2. The third kappa shape index (κ3) is 6.22. The van der Waals surface area contributed by atoms with Gasteiger partial charge in [-0.3, -0.25) is 9.59 Å². The van der Waals surface area contributed by atoms with Gasteiger partial charge in [0.25, 0.3) is 0 Å². The maximum atomic E-state index is 13.0. The van der Waals surface area contributed by atoms with E-state index in [-0.39, 0.29) is 23.9 Å². The molecule has 6 nitrogen and oxygen atoms in total. The van der Waals surface area contributed by atoms with Crippen LogP contribution in [-0.2, 0) is 15.8 Å². The van der Waals surface area contributed by atoms with Crippen molar-refractivity contribution in [1.82, 2.24) is 14.9 Å². The fraction of sp³-hybridized carbons (Fsp3) is 0.333. The zero-order valence-corrected chi connectivity index (χ0v) is 16.3. The van der Waals surface area contributed by atoms with Crippen LogP contribution in [0.5, 0.6) is 0 Å². The summed E-state index contributed by atoms with van der Waals surface area (Å²) in [5.41, 5.74) is -0.511. The fourth-order valence-corrected chi connectivity index (χ4v) is 3.28. The van der Waals surface area contributed by atoms with Crippen molar-refractivity contribution in [2.45, 2.75) is 25.0 Å². The zero-order chi connectivity index (χ0) is 20.9. The Morgan fingerprint density at radius 3 is 2.50 bits per heavy atom. The molecular formula is C18H19F3N4O2S. The third-order valence-corrected chi connectivity index (χ3v) is 4.50. The van der Waals surface area contributed by atoms with E-state index < -0.39 is 17.6 Å². The number of alkyl halides is 3. The van der Waals surface area contributed by atoms with Crippen LogP contribution in [0.1, 0.15) is 17.1 Å². The van der Waals surface area contributed by atoms with E-state index in [1.165, 1.54) is 30.9 Å². The van der Waals surface area contributed by atoms with Crippen molar-refractivity contribution in [3.8, 4) is 0 Å². The van der Waals surface area contributed by atoms with Crippen molar-refractivity contribution in [3.63, 3.8) is 0 Å². The molecule has 0 aliphatic carbocycles. The van der Waals surface area contributed by atoms with Crippen LogP contribution in [0, 0.1) is 13.8 Å². The average Bonchev–Trinajstić information content (AvgIpc) is 2.58. The van der Waals surface area contributed by atoms with Crippen molar-refractivity contribution in [2.75, 3.05) is 24.7 Å². The van der Waals surface area contributed by atoms with Crippen LogP contribution in [0.2, 0.25) is 0 Å². The first-order valence-electron chi connectivity index (χ1n) is 8.21. The van der Waals surface area contributed by atoms with E-state index in [1.807, 2.05) is 6.92 Å². The molecule has 0 atom stereocenters. The molecule has 0 bridgehead atoms. The quantitative estimate of drug-likeness (QED) is 0.582. The number of para-hydroxylation sites is 1. The molecule has 0 aliphatic heterocycles. The lowest BCUT2D eigenvalue weighted by Crippen LogP contribution is -2.36. The van der Waals surface area contributed by atoms with E-state index in [0.717, 1.165) is 22.7 Å². The van der Waals surface area contributed by atoms with Crippen molar-refractivity contribution >= 4 is 29.3 Å². The largest absolute Gasteiger partial charge is 0.418 e. The molecule has 0 fully saturated rings. The summed E-state index contributed by atoms with van der Waals surface area (Å²) in [6.45, 7) is 3.19. The molecule has 1 aromatic carbocycles. The zero-order valence-electron chi connectivity index (χ0n) is 15.5. The summed E-state index contributed by atoms with van der Waals surface area (Å²) in [5.74, 6) is -0.436. The van der Waals surface area contributed by atoms with Gasteiger partial charge in [-0.25, -0.2) is 9.97 Å². The van der Waals surface area contributed by atoms with Gasteiger partial charge >= 0.3 is 6.18 Å². The number of nitrogens with zero attached hydrogens (tertiary/aromatic N) is 3. The van der Waals surface area contributed by atoms with Crippen LogP contribution in [0.25, 0.3) is 0 Å². The lowest BCUT2D eigenvalue weighted by atomic mass is 10.1. The van der Waals surface area contributed by atoms with Gasteiger partial charge in [0, 0.05) is 12.7 Å². The summed E-state index contributed by atoms with van der Waals surface area (Å²) in [6, 6.07) is 6.42. The van der Waals surface area contributed by atoms with E-state index in [2.05, 4.69) is 15.3 Å². The number of aromatic nitrogens is 2. The number of amides is 2. The minimum absolute atomic E-state index is 0.0405. The number of halogens is 3. The van der Waals surface area contributed by atoms with Crippen molar-refractivity contribution in [2.24, 2.45) is 0 Å². The number of hydrogen-bond donors (Lipinski definition) is 1. The number of benzene rings is 1. The standard InChI is InChI=1S/C18H19F3N4O2S/c1-11-8-16(23-12(2)22-11)28-10-17(27)25(3)9-15(26)24-14-7-5-4-6-13(14)18(19,20)21/h4-8H,9-10H2,1-3H3,(H,24,26). The predicted octanol–water partition coefficient (Wildman–Crippen LogP) is 3.30. The highest BCUT2D eigenvalue weighted by Crippen LogP contribution is 2.34. The van der Waals surface area contributed by atoms with Gasteiger partial charge in [-0.2, -0.15) is 13.2 Å². The number of thioether (sulfide) groups is 1. The highest BCUT2D eigenvalue weighted by atomic mass is 32.2. The number of anilines is 1. The predicted molar refractivity (Wildman–Crippen MR) is 99.9 cm³/mol. The van der Waals surface area contributed by atoms with Crippen LogP contribution < -0.4 is 5.32 Å². The van der Waals surface area contributed by atoms with Crippen molar-refractivity contribution in [1.29, 1.82) is 0 Å². The number of hydrogen-bond acceptors (Lipinski definition) is 5. The summed E-state index contributed by atoms with van der Waals surface area (Å²) in [4.78, 5) is 33.8. The molecule has 0 radical (unpaired) electrons. The monoisotopic (exact) mass is 412 g/mol. The van der Waals surface area contributed by atoms with Gasteiger partial charge in [0.15, 0.2) is 0 Å². The Morgan fingerprint density at radius 2 is 1.86 bits per heavy atom. The van der Waals surface area contributed by atoms with E-state index >= 15 is 0 Å². The first-order chi connectivity index (χ1) is 13.1. The van der Waals surface area contributed by atoms with Gasteiger partial charge in [-0.1, -0.05) is 23.9 Å². The molecule has 10 heteroatoms. The number of likely N-dealkylation sites (N-methyl/N-ethyl adjacent to an activating group) is 1. The van der Waals surface area contributed by atoms with Crippen LogP contribution in [0.3, 0.4) is 0 Å². The van der Waals surface area contributed by atoms with E-state index in [1.54, 1.807) is 13.0 Å². The number of rotatable bonds is 6. The average molecular weight is 412 g/mol. The second-order valence-corrected chi connectivity index (χ2v) is 7.02. The molecule has 0 spiro atoms. The maximum Gasteiger partial charge on any atom is 0.418 e. The summed E-state index contributed by atoms with van der Waals surface area (Å²) in [7, 11) is 1.41. The van der Waals surface area contributed by atoms with Crippen molar-refractivity contribution < 1.29 is 22.8 Å². The van der Waals surface area contributed by atoms with E-state index in [4.69, 9.17) is 0 Å². The van der Waals surface area contributed by atoms with Gasteiger partial charge in [0.1, 0.15) is 10.9 Å². The lowest BCUT2D eigenvalue weighted by Gasteiger charge is -2.18. The molecule has 0 aliphatic rings. The summed E-state index contributed by atoms with van der Waals surface area (Å²) in [6.07, 6.45) is -4.59. The Bertz CT molecular complexity index is 854. The first kappa shape index (κ1) is 21.7. The number of aryl methyl sites for hydroxylation is 2. The number of carbonyl (C=O) groups excluding carboxylic acids is 2. The Labute approximate surface area is 164 Å². The van der Waals surface area contributed by atoms with Gasteiger partial charge in [0.2, 0.25) is 11.8 Å². The first-order valence-corrected chi connectivity index (χ1v) is 9.20. The Morgan fingerprint density at radius 1 is 1.18 bits per heavy atom. The smallest absolute Gasteiger partial charge is 0.336 e. The molecule has 150 valence electrons. The lowest BCUT2D eigenvalue weighted by molar-refractivity contribution is -0.137. The van der Waals surface area contributed by atoms with Crippen LogP contribution in [0.15, 0.2) is 35.4 Å². The second-order valence-electron chi connectivity index (χ2n) is 6.02. The summed E-state index contributed by atoms with van der Waals surface area (Å²) >= 11 is 1.20. The van der Waals surface area contributed by atoms with Crippen LogP contribution in [-0.4, -0.2) is 46.0 Å². The van der Waals surface area contributed by atoms with Gasteiger partial charge in [-0.05, 0) is 32.0 Å². The van der Waals surface area contributed by atoms with E-state index in [0.29, 0.717) is 10.9 Å². The van der Waals surface area contributed by atoms with Crippen LogP contribution >= 0.6 is 11.8 Å². The molecule has 2 rings (SSSR count). The molecule has 0 saturated heterocycles. The minimum atomic E-state index is -4.59. The normalized spacial score (nSPS) is 11.2.